The highest BCUT2D eigenvalue weighted by atomic mass is 127. The molecule has 2 rings (SSSR count). The van der Waals surface area contributed by atoms with Crippen molar-refractivity contribution in [2.75, 3.05) is 21.3 Å². The van der Waals surface area contributed by atoms with Gasteiger partial charge >= 0.3 is 5.97 Å². The van der Waals surface area contributed by atoms with E-state index in [2.05, 4.69) is 0 Å². The second-order valence-electron chi connectivity index (χ2n) is 6.01. The topological polar surface area (TPSA) is 71.1 Å². The van der Waals surface area contributed by atoms with Gasteiger partial charge in [-0.3, -0.25) is 4.79 Å². The van der Waals surface area contributed by atoms with Crippen LogP contribution in [0.1, 0.15) is 44.3 Å². The molecule has 0 aliphatic carbocycles. The van der Waals surface area contributed by atoms with Crippen molar-refractivity contribution in [1.29, 1.82) is 0 Å². The van der Waals surface area contributed by atoms with Crippen LogP contribution >= 0.6 is 22.6 Å². The van der Waals surface area contributed by atoms with Crippen LogP contribution in [0, 0.1) is 6.92 Å². The van der Waals surface area contributed by atoms with E-state index in [9.17, 15) is 9.59 Å². The first kappa shape index (κ1) is 22.0. The number of aryl methyl sites for hydroxylation is 1. The van der Waals surface area contributed by atoms with Gasteiger partial charge in [-0.2, -0.15) is 0 Å². The summed E-state index contributed by atoms with van der Waals surface area (Å²) in [6, 6.07) is 7.20. The zero-order valence-corrected chi connectivity index (χ0v) is 18.7. The van der Waals surface area contributed by atoms with Gasteiger partial charge in [-0.25, -0.2) is 4.79 Å². The summed E-state index contributed by atoms with van der Waals surface area (Å²) in [5.74, 6) is 0.872. The van der Waals surface area contributed by atoms with Crippen LogP contribution in [0.25, 0.3) is 0 Å². The van der Waals surface area contributed by atoms with E-state index in [1.807, 2.05) is 19.1 Å². The lowest BCUT2D eigenvalue weighted by atomic mass is 10.0. The number of esters is 1. The fraction of sp³-hybridized carbons (Fsp3) is 0.333. The summed E-state index contributed by atoms with van der Waals surface area (Å²) in [4.78, 5) is 23.9. The number of benzene rings is 2. The minimum atomic E-state index is -0.380. The molecule has 2 aromatic carbocycles. The molecule has 0 aliphatic heterocycles. The summed E-state index contributed by atoms with van der Waals surface area (Å²) in [5.41, 5.74) is 3.41. The van der Waals surface area contributed by atoms with Crippen molar-refractivity contribution in [3.8, 4) is 17.2 Å². The lowest BCUT2D eigenvalue weighted by Crippen LogP contribution is -2.08. The van der Waals surface area contributed by atoms with Gasteiger partial charge < -0.3 is 18.9 Å². The molecule has 0 N–H and O–H groups in total. The highest BCUT2D eigenvalue weighted by Crippen LogP contribution is 2.42. The van der Waals surface area contributed by atoms with Crippen LogP contribution in [0.4, 0.5) is 0 Å². The lowest BCUT2D eigenvalue weighted by Gasteiger charge is -2.18. The van der Waals surface area contributed by atoms with E-state index in [0.29, 0.717) is 33.9 Å². The van der Waals surface area contributed by atoms with Crippen molar-refractivity contribution in [2.45, 2.75) is 26.9 Å². The van der Waals surface area contributed by atoms with E-state index < -0.39 is 0 Å². The third kappa shape index (κ3) is 4.57. The van der Waals surface area contributed by atoms with Gasteiger partial charge in [0.2, 0.25) is 9.54 Å². The first-order valence-electron chi connectivity index (χ1n) is 8.66. The summed E-state index contributed by atoms with van der Waals surface area (Å²) in [6.07, 6.45) is 0.720. The Balaban J connectivity index is 2.40. The standard InChI is InChI=1S/C21H23IO6/c1-6-14-8-7-13(9-16(14)21(24)27-5)11-28-19-17(25-3)10-15(20(22)23)12(2)18(19)26-4/h7-10H,6,11H2,1-5H3. The van der Waals surface area contributed by atoms with Crippen LogP contribution in [0.3, 0.4) is 0 Å². The molecule has 0 saturated carbocycles. The second kappa shape index (κ2) is 9.77. The minimum absolute atomic E-state index is 0.115. The molecule has 0 aliphatic rings. The van der Waals surface area contributed by atoms with Gasteiger partial charge in [0.1, 0.15) is 6.61 Å². The molecule has 0 saturated heterocycles. The molecule has 0 amide bonds. The van der Waals surface area contributed by atoms with Crippen LogP contribution in [0.5, 0.6) is 17.2 Å². The maximum atomic E-state index is 12.0. The van der Waals surface area contributed by atoms with Crippen LogP contribution in [0.2, 0.25) is 0 Å². The Kier molecular flexibility index (Phi) is 7.68. The Morgan fingerprint density at radius 3 is 2.25 bits per heavy atom. The minimum Gasteiger partial charge on any atom is -0.493 e. The van der Waals surface area contributed by atoms with Crippen LogP contribution < -0.4 is 14.2 Å². The molecular formula is C21H23IO6. The Hall–Kier alpha value is -2.29. The van der Waals surface area contributed by atoms with Crippen molar-refractivity contribution in [3.63, 3.8) is 0 Å². The van der Waals surface area contributed by atoms with E-state index in [-0.39, 0.29) is 16.4 Å². The summed E-state index contributed by atoms with van der Waals surface area (Å²) in [7, 11) is 4.38. The number of hydrogen-bond donors (Lipinski definition) is 0. The van der Waals surface area contributed by atoms with Crippen molar-refractivity contribution >= 4 is 32.4 Å². The first-order valence-corrected chi connectivity index (χ1v) is 9.74. The third-order valence-electron chi connectivity index (χ3n) is 4.43. The first-order chi connectivity index (χ1) is 13.4. The molecule has 0 spiro atoms. The summed E-state index contributed by atoms with van der Waals surface area (Å²) < 4.78 is 21.6. The molecule has 0 heterocycles. The van der Waals surface area contributed by atoms with Gasteiger partial charge in [0, 0.05) is 33.7 Å². The van der Waals surface area contributed by atoms with Gasteiger partial charge in [0.25, 0.3) is 0 Å². The molecule has 0 atom stereocenters. The van der Waals surface area contributed by atoms with E-state index in [1.165, 1.54) is 21.3 Å². The van der Waals surface area contributed by atoms with Gasteiger partial charge in [0.15, 0.2) is 11.5 Å². The predicted octanol–water partition coefficient (Wildman–Crippen LogP) is 4.52. The molecule has 150 valence electrons. The van der Waals surface area contributed by atoms with E-state index in [0.717, 1.165) is 17.5 Å². The Labute approximate surface area is 178 Å². The SMILES string of the molecule is CCc1ccc(COc2c(OC)cc(C(=O)I)c(C)c2OC)cc1C(=O)OC. The summed E-state index contributed by atoms with van der Waals surface area (Å²) >= 11 is 1.73. The van der Waals surface area contributed by atoms with Crippen LogP contribution in [-0.2, 0) is 17.8 Å². The Bertz CT molecular complexity index is 891. The number of carbonyl (C=O) groups is 2. The summed E-state index contributed by atoms with van der Waals surface area (Å²) in [5, 5.41) is 0. The van der Waals surface area contributed by atoms with Crippen LogP contribution in [0.15, 0.2) is 24.3 Å². The predicted molar refractivity (Wildman–Crippen MR) is 114 cm³/mol. The molecular weight excluding hydrogens is 475 g/mol. The molecule has 28 heavy (non-hydrogen) atoms. The van der Waals surface area contributed by atoms with Crippen molar-refractivity contribution in [1.82, 2.24) is 0 Å². The Morgan fingerprint density at radius 2 is 1.71 bits per heavy atom. The smallest absolute Gasteiger partial charge is 0.338 e. The normalized spacial score (nSPS) is 10.4. The molecule has 7 heteroatoms. The molecule has 6 nitrogen and oxygen atoms in total. The number of carbonyl (C=O) groups excluding carboxylic acids is 2. The molecule has 0 unspecified atom stereocenters. The quantitative estimate of drug-likeness (QED) is 0.303. The fourth-order valence-electron chi connectivity index (χ4n) is 2.92. The van der Waals surface area contributed by atoms with Gasteiger partial charge in [-0.05, 0) is 36.6 Å². The number of ether oxygens (including phenoxy) is 4. The van der Waals surface area contributed by atoms with E-state index in [4.69, 9.17) is 18.9 Å². The van der Waals surface area contributed by atoms with Crippen LogP contribution in [-0.4, -0.2) is 31.1 Å². The maximum absolute atomic E-state index is 12.0. The van der Waals surface area contributed by atoms with Gasteiger partial charge in [0.05, 0.1) is 26.9 Å². The summed E-state index contributed by atoms with van der Waals surface area (Å²) in [6.45, 7) is 3.96. The van der Waals surface area contributed by atoms with Gasteiger partial charge in [-0.1, -0.05) is 19.1 Å². The van der Waals surface area contributed by atoms with Gasteiger partial charge in [-0.15, -0.1) is 0 Å². The van der Waals surface area contributed by atoms with E-state index in [1.54, 1.807) is 41.6 Å². The number of halogens is 1. The fourth-order valence-corrected chi connectivity index (χ4v) is 3.49. The molecule has 0 aromatic heterocycles. The second-order valence-corrected chi connectivity index (χ2v) is 6.99. The number of hydrogen-bond acceptors (Lipinski definition) is 6. The number of methoxy groups -OCH3 is 3. The van der Waals surface area contributed by atoms with Crippen molar-refractivity contribution < 1.29 is 28.5 Å². The monoisotopic (exact) mass is 498 g/mol. The van der Waals surface area contributed by atoms with Crippen molar-refractivity contribution in [3.05, 3.63) is 52.1 Å². The zero-order chi connectivity index (χ0) is 20.8. The zero-order valence-electron chi connectivity index (χ0n) is 16.6. The molecule has 0 radical (unpaired) electrons. The highest BCUT2D eigenvalue weighted by Gasteiger charge is 2.21. The average Bonchev–Trinajstić information content (AvgIpc) is 2.70. The largest absolute Gasteiger partial charge is 0.493 e. The molecule has 0 fully saturated rings. The lowest BCUT2D eigenvalue weighted by molar-refractivity contribution is 0.0599. The molecule has 0 bridgehead atoms. The third-order valence-corrected chi connectivity index (χ3v) is 5.01. The highest BCUT2D eigenvalue weighted by molar-refractivity contribution is 14.1. The van der Waals surface area contributed by atoms with E-state index >= 15 is 0 Å². The number of rotatable bonds is 8. The maximum Gasteiger partial charge on any atom is 0.338 e. The average molecular weight is 498 g/mol. The van der Waals surface area contributed by atoms with Crippen molar-refractivity contribution in [2.24, 2.45) is 0 Å². The molecule has 2 aromatic rings. The Morgan fingerprint density at radius 1 is 1.00 bits per heavy atom.